The van der Waals surface area contributed by atoms with E-state index in [-0.39, 0.29) is 24.0 Å². The molecule has 0 aromatic carbocycles. The van der Waals surface area contributed by atoms with Crippen molar-refractivity contribution >= 4 is 29.9 Å². The molecule has 0 amide bonds. The van der Waals surface area contributed by atoms with Crippen LogP contribution in [0.3, 0.4) is 0 Å². The zero-order valence-electron chi connectivity index (χ0n) is 17.2. The molecule has 1 saturated heterocycles. The molecule has 1 heterocycles. The summed E-state index contributed by atoms with van der Waals surface area (Å²) in [5.74, 6) is 1.75. The van der Waals surface area contributed by atoms with E-state index in [0.717, 1.165) is 38.0 Å². The van der Waals surface area contributed by atoms with Crippen molar-refractivity contribution in [1.82, 2.24) is 15.5 Å². The van der Waals surface area contributed by atoms with Gasteiger partial charge in [-0.3, -0.25) is 4.99 Å². The second-order valence-corrected chi connectivity index (χ2v) is 8.04. The van der Waals surface area contributed by atoms with Gasteiger partial charge in [-0.15, -0.1) is 24.0 Å². The number of aliphatic imine (C=N–C) groups is 1. The number of rotatable bonds is 9. The third-order valence-corrected chi connectivity index (χ3v) is 6.16. The van der Waals surface area contributed by atoms with E-state index in [1.165, 1.54) is 64.6 Å². The van der Waals surface area contributed by atoms with E-state index in [2.05, 4.69) is 27.4 Å². The van der Waals surface area contributed by atoms with Crippen LogP contribution in [0.25, 0.3) is 0 Å². The Hall–Kier alpha value is -0.0800. The quantitative estimate of drug-likeness (QED) is 0.302. The Morgan fingerprint density at radius 1 is 1.19 bits per heavy atom. The molecule has 1 aliphatic heterocycles. The highest BCUT2D eigenvalue weighted by Gasteiger charge is 2.33. The maximum Gasteiger partial charge on any atom is 0.191 e. The number of nitrogens with one attached hydrogen (secondary N) is 2. The topological polar surface area (TPSA) is 48.9 Å². The van der Waals surface area contributed by atoms with Crippen molar-refractivity contribution in [2.45, 2.75) is 58.3 Å². The van der Waals surface area contributed by atoms with Crippen LogP contribution in [0.15, 0.2) is 4.99 Å². The molecule has 2 fully saturated rings. The molecule has 0 spiro atoms. The molecule has 26 heavy (non-hydrogen) atoms. The summed E-state index contributed by atoms with van der Waals surface area (Å²) in [6.07, 6.45) is 10.4. The molecule has 2 rings (SSSR count). The van der Waals surface area contributed by atoms with Gasteiger partial charge in [0.1, 0.15) is 0 Å². The van der Waals surface area contributed by atoms with Crippen LogP contribution >= 0.6 is 24.0 Å². The van der Waals surface area contributed by atoms with Crippen molar-refractivity contribution < 1.29 is 4.74 Å². The van der Waals surface area contributed by atoms with E-state index in [1.807, 2.05) is 14.2 Å². The first-order chi connectivity index (χ1) is 12.2. The van der Waals surface area contributed by atoms with Gasteiger partial charge in [0.05, 0.1) is 0 Å². The zero-order valence-corrected chi connectivity index (χ0v) is 19.5. The number of nitrogens with zero attached hydrogens (tertiary/aromatic N) is 2. The molecule has 0 bridgehead atoms. The van der Waals surface area contributed by atoms with Crippen LogP contribution in [-0.4, -0.2) is 64.3 Å². The summed E-state index contributed by atoms with van der Waals surface area (Å²) in [5.41, 5.74) is 0.402. The number of likely N-dealkylation sites (tertiary alicyclic amines) is 1. The molecular weight excluding hydrogens is 439 g/mol. The fourth-order valence-electron chi connectivity index (χ4n) is 4.42. The molecule has 5 nitrogen and oxygen atoms in total. The van der Waals surface area contributed by atoms with Crippen LogP contribution in [0, 0.1) is 11.3 Å². The van der Waals surface area contributed by atoms with Crippen LogP contribution in [0.1, 0.15) is 58.3 Å². The van der Waals surface area contributed by atoms with E-state index in [4.69, 9.17) is 4.74 Å². The van der Waals surface area contributed by atoms with Gasteiger partial charge in [-0.05, 0) is 69.5 Å². The van der Waals surface area contributed by atoms with Gasteiger partial charge in [-0.1, -0.05) is 19.8 Å². The van der Waals surface area contributed by atoms with Gasteiger partial charge < -0.3 is 20.3 Å². The van der Waals surface area contributed by atoms with Gasteiger partial charge >= 0.3 is 0 Å². The van der Waals surface area contributed by atoms with Gasteiger partial charge in [0.2, 0.25) is 0 Å². The Bertz CT molecular complexity index is 391. The van der Waals surface area contributed by atoms with Gasteiger partial charge in [0.15, 0.2) is 5.96 Å². The average Bonchev–Trinajstić information content (AvgIpc) is 3.11. The smallest absolute Gasteiger partial charge is 0.191 e. The van der Waals surface area contributed by atoms with Crippen molar-refractivity contribution in [3.63, 3.8) is 0 Å². The molecule has 6 heteroatoms. The Balaban J connectivity index is 0.00000338. The van der Waals surface area contributed by atoms with Crippen molar-refractivity contribution in [3.8, 4) is 0 Å². The summed E-state index contributed by atoms with van der Waals surface area (Å²) in [7, 11) is 3.69. The highest BCUT2D eigenvalue weighted by Crippen LogP contribution is 2.40. The van der Waals surface area contributed by atoms with Crippen LogP contribution in [0.2, 0.25) is 0 Å². The van der Waals surface area contributed by atoms with Crippen molar-refractivity contribution in [2.75, 3.05) is 53.5 Å². The van der Waals surface area contributed by atoms with Crippen LogP contribution in [-0.2, 0) is 4.74 Å². The molecule has 0 aromatic heterocycles. The lowest BCUT2D eigenvalue weighted by molar-refractivity contribution is 0.138. The van der Waals surface area contributed by atoms with Crippen LogP contribution < -0.4 is 10.6 Å². The average molecular weight is 480 g/mol. The minimum absolute atomic E-state index is 0. The maximum atomic E-state index is 5.34. The third kappa shape index (κ3) is 7.89. The highest BCUT2D eigenvalue weighted by atomic mass is 127. The first-order valence-corrected chi connectivity index (χ1v) is 10.4. The summed E-state index contributed by atoms with van der Waals surface area (Å²) in [5, 5.41) is 7.18. The van der Waals surface area contributed by atoms with Crippen molar-refractivity contribution in [3.05, 3.63) is 0 Å². The first-order valence-electron chi connectivity index (χ1n) is 10.4. The SMILES string of the molecule is CCCN1CCC(CNC(=NC)NCC2(CCOC)CCCC2)CC1.I. The molecular formula is C20H41IN4O. The van der Waals surface area contributed by atoms with Crippen LogP contribution in [0.5, 0.6) is 0 Å². The molecule has 0 radical (unpaired) electrons. The molecule has 1 saturated carbocycles. The van der Waals surface area contributed by atoms with Crippen molar-refractivity contribution in [1.29, 1.82) is 0 Å². The van der Waals surface area contributed by atoms with Gasteiger partial charge in [0, 0.05) is 33.9 Å². The highest BCUT2D eigenvalue weighted by molar-refractivity contribution is 14.0. The fourth-order valence-corrected chi connectivity index (χ4v) is 4.42. The second-order valence-electron chi connectivity index (χ2n) is 8.04. The molecule has 2 N–H and O–H groups in total. The molecule has 1 aliphatic carbocycles. The van der Waals surface area contributed by atoms with Gasteiger partial charge in [0.25, 0.3) is 0 Å². The van der Waals surface area contributed by atoms with Gasteiger partial charge in [-0.2, -0.15) is 0 Å². The standard InChI is InChI=1S/C20H40N4O.HI/c1-4-12-24-13-7-18(8-14-24)16-22-19(21-2)23-17-20(11-15-25-3)9-5-6-10-20;/h18H,4-17H2,1-3H3,(H2,21,22,23);1H. The lowest BCUT2D eigenvalue weighted by atomic mass is 9.83. The number of hydrogen-bond acceptors (Lipinski definition) is 3. The molecule has 0 atom stereocenters. The molecule has 154 valence electrons. The Morgan fingerprint density at radius 3 is 2.46 bits per heavy atom. The molecule has 2 aliphatic rings. The van der Waals surface area contributed by atoms with Crippen molar-refractivity contribution in [2.24, 2.45) is 16.3 Å². The Morgan fingerprint density at radius 2 is 1.88 bits per heavy atom. The molecule has 0 unspecified atom stereocenters. The van der Waals surface area contributed by atoms with E-state index >= 15 is 0 Å². The largest absolute Gasteiger partial charge is 0.385 e. The number of hydrogen-bond donors (Lipinski definition) is 2. The summed E-state index contributed by atoms with van der Waals surface area (Å²) < 4.78 is 5.34. The summed E-state index contributed by atoms with van der Waals surface area (Å²) in [6.45, 7) is 8.97. The van der Waals surface area contributed by atoms with E-state index < -0.39 is 0 Å². The maximum absolute atomic E-state index is 5.34. The summed E-state index contributed by atoms with van der Waals surface area (Å²) in [4.78, 5) is 7.04. The first kappa shape index (κ1) is 24.0. The zero-order chi connectivity index (χ0) is 18.0. The lowest BCUT2D eigenvalue weighted by Crippen LogP contribution is -2.46. The number of ether oxygens (including phenoxy) is 1. The monoisotopic (exact) mass is 480 g/mol. The normalized spacial score (nSPS) is 21.4. The number of guanidine groups is 1. The predicted octanol–water partition coefficient (Wildman–Crippen LogP) is 3.49. The van der Waals surface area contributed by atoms with Crippen LogP contribution in [0.4, 0.5) is 0 Å². The van der Waals surface area contributed by atoms with E-state index in [0.29, 0.717) is 5.41 Å². The number of halogens is 1. The van der Waals surface area contributed by atoms with E-state index in [9.17, 15) is 0 Å². The van der Waals surface area contributed by atoms with Gasteiger partial charge in [-0.25, -0.2) is 0 Å². The third-order valence-electron chi connectivity index (χ3n) is 6.16. The lowest BCUT2D eigenvalue weighted by Gasteiger charge is -2.32. The second kappa shape index (κ2) is 13.2. The Labute approximate surface area is 178 Å². The Kier molecular flexibility index (Phi) is 12.1. The minimum atomic E-state index is 0. The predicted molar refractivity (Wildman–Crippen MR) is 122 cm³/mol. The number of piperidine rings is 1. The minimum Gasteiger partial charge on any atom is -0.385 e. The molecule has 0 aromatic rings. The number of methoxy groups -OCH3 is 1. The summed E-state index contributed by atoms with van der Waals surface area (Å²) >= 11 is 0. The fraction of sp³-hybridized carbons (Fsp3) is 0.950. The van der Waals surface area contributed by atoms with E-state index in [1.54, 1.807) is 0 Å². The summed E-state index contributed by atoms with van der Waals surface area (Å²) in [6, 6.07) is 0.